The van der Waals surface area contributed by atoms with E-state index in [4.69, 9.17) is 0 Å². The van der Waals surface area contributed by atoms with E-state index in [0.717, 1.165) is 12.2 Å². The summed E-state index contributed by atoms with van der Waals surface area (Å²) in [5.41, 5.74) is 3.65. The van der Waals surface area contributed by atoms with Crippen LogP contribution in [0.4, 0.5) is 0 Å². The molecule has 1 aromatic carbocycles. The van der Waals surface area contributed by atoms with Gasteiger partial charge in [-0.2, -0.15) is 5.10 Å². The van der Waals surface area contributed by atoms with Crippen LogP contribution in [0.25, 0.3) is 11.3 Å². The van der Waals surface area contributed by atoms with E-state index in [-0.39, 0.29) is 0 Å². The van der Waals surface area contributed by atoms with Gasteiger partial charge in [-0.05, 0) is 36.3 Å². The SMILES string of the molecule is c1cn(CC2CCCCC2c2ccc(-c3cc[nH]n3)cc2)cn1. The molecule has 118 valence electrons. The standard InChI is InChI=1S/C19H22N4/c1-2-4-18(17(3-1)13-23-12-11-20-14-23)15-5-7-16(8-6-15)19-9-10-21-22-19/h5-12,14,17-18H,1-4,13H2,(H,21,22). The summed E-state index contributed by atoms with van der Waals surface area (Å²) in [5, 5.41) is 7.14. The Morgan fingerprint density at radius 1 is 1.09 bits per heavy atom. The number of nitrogens with one attached hydrogen (secondary N) is 1. The zero-order valence-corrected chi connectivity index (χ0v) is 13.2. The van der Waals surface area contributed by atoms with Crippen LogP contribution in [0.5, 0.6) is 0 Å². The number of nitrogens with zero attached hydrogens (tertiary/aromatic N) is 3. The fourth-order valence-corrected chi connectivity index (χ4v) is 3.85. The average Bonchev–Trinajstić information content (AvgIpc) is 3.29. The lowest BCUT2D eigenvalue weighted by Crippen LogP contribution is -2.22. The van der Waals surface area contributed by atoms with Crippen molar-refractivity contribution in [2.45, 2.75) is 38.1 Å². The first-order chi connectivity index (χ1) is 11.4. The number of benzene rings is 1. The summed E-state index contributed by atoms with van der Waals surface area (Å²) >= 11 is 0. The van der Waals surface area contributed by atoms with Crippen molar-refractivity contribution in [3.05, 3.63) is 60.8 Å². The van der Waals surface area contributed by atoms with Crippen molar-refractivity contribution in [3.8, 4) is 11.3 Å². The molecule has 23 heavy (non-hydrogen) atoms. The Bertz CT molecular complexity index is 713. The van der Waals surface area contributed by atoms with Gasteiger partial charge in [-0.25, -0.2) is 4.98 Å². The van der Waals surface area contributed by atoms with Crippen molar-refractivity contribution in [3.63, 3.8) is 0 Å². The molecule has 3 aromatic rings. The summed E-state index contributed by atoms with van der Waals surface area (Å²) in [6, 6.07) is 11.0. The van der Waals surface area contributed by atoms with Crippen LogP contribution >= 0.6 is 0 Å². The molecule has 4 nitrogen and oxygen atoms in total. The van der Waals surface area contributed by atoms with Crippen LogP contribution in [-0.4, -0.2) is 19.7 Å². The molecule has 1 aliphatic rings. The van der Waals surface area contributed by atoms with Gasteiger partial charge in [0.1, 0.15) is 0 Å². The van der Waals surface area contributed by atoms with Crippen molar-refractivity contribution in [1.29, 1.82) is 0 Å². The summed E-state index contributed by atoms with van der Waals surface area (Å²) in [6.07, 6.45) is 13.0. The molecule has 0 bridgehead atoms. The summed E-state index contributed by atoms with van der Waals surface area (Å²) in [4.78, 5) is 4.18. The summed E-state index contributed by atoms with van der Waals surface area (Å²) in [5.74, 6) is 1.36. The van der Waals surface area contributed by atoms with Gasteiger partial charge in [0.15, 0.2) is 0 Å². The van der Waals surface area contributed by atoms with Crippen molar-refractivity contribution in [2.24, 2.45) is 5.92 Å². The van der Waals surface area contributed by atoms with Gasteiger partial charge < -0.3 is 4.57 Å². The third-order valence-electron chi connectivity index (χ3n) is 5.05. The molecule has 1 fully saturated rings. The largest absolute Gasteiger partial charge is 0.337 e. The monoisotopic (exact) mass is 306 g/mol. The maximum absolute atomic E-state index is 4.26. The van der Waals surface area contributed by atoms with Crippen LogP contribution in [0, 0.1) is 5.92 Å². The maximum Gasteiger partial charge on any atom is 0.0946 e. The van der Waals surface area contributed by atoms with Crippen molar-refractivity contribution in [1.82, 2.24) is 19.7 Å². The molecule has 0 aliphatic heterocycles. The van der Waals surface area contributed by atoms with Crippen LogP contribution in [0.1, 0.15) is 37.2 Å². The van der Waals surface area contributed by atoms with Gasteiger partial charge in [-0.3, -0.25) is 5.10 Å². The molecule has 0 amide bonds. The molecule has 2 atom stereocenters. The lowest BCUT2D eigenvalue weighted by molar-refractivity contribution is 0.274. The lowest BCUT2D eigenvalue weighted by Gasteiger charge is -2.32. The normalized spacial score (nSPS) is 21.4. The Balaban J connectivity index is 1.54. The molecule has 1 aliphatic carbocycles. The fraction of sp³-hybridized carbons (Fsp3) is 0.368. The number of rotatable bonds is 4. The van der Waals surface area contributed by atoms with Crippen LogP contribution < -0.4 is 0 Å². The molecule has 1 N–H and O–H groups in total. The Labute approximate surface area is 136 Å². The minimum absolute atomic E-state index is 0.652. The second kappa shape index (κ2) is 6.41. The second-order valence-corrected chi connectivity index (χ2v) is 6.49. The molecule has 0 spiro atoms. The molecule has 4 rings (SSSR count). The van der Waals surface area contributed by atoms with E-state index in [1.165, 1.54) is 36.8 Å². The fourth-order valence-electron chi connectivity index (χ4n) is 3.85. The van der Waals surface area contributed by atoms with E-state index in [0.29, 0.717) is 11.8 Å². The third-order valence-corrected chi connectivity index (χ3v) is 5.05. The molecular formula is C19H22N4. The Morgan fingerprint density at radius 3 is 2.70 bits per heavy atom. The molecule has 2 heterocycles. The minimum atomic E-state index is 0.652. The Hall–Kier alpha value is -2.36. The number of aromatic amines is 1. The number of aromatic nitrogens is 4. The van der Waals surface area contributed by atoms with Gasteiger partial charge in [-0.15, -0.1) is 0 Å². The summed E-state index contributed by atoms with van der Waals surface area (Å²) in [6.45, 7) is 1.08. The summed E-state index contributed by atoms with van der Waals surface area (Å²) < 4.78 is 2.22. The Morgan fingerprint density at radius 2 is 1.96 bits per heavy atom. The smallest absolute Gasteiger partial charge is 0.0946 e. The third kappa shape index (κ3) is 3.07. The molecule has 0 radical (unpaired) electrons. The molecule has 2 aromatic heterocycles. The van der Waals surface area contributed by atoms with Gasteiger partial charge >= 0.3 is 0 Å². The van der Waals surface area contributed by atoms with Crippen molar-refractivity contribution >= 4 is 0 Å². The maximum atomic E-state index is 4.26. The number of H-pyrrole nitrogens is 1. The molecule has 1 saturated carbocycles. The predicted octanol–water partition coefficient (Wildman–Crippen LogP) is 4.25. The quantitative estimate of drug-likeness (QED) is 0.783. The van der Waals surface area contributed by atoms with Crippen LogP contribution in [0.15, 0.2) is 55.2 Å². The van der Waals surface area contributed by atoms with Gasteiger partial charge in [0.05, 0.1) is 12.0 Å². The van der Waals surface area contributed by atoms with E-state index in [1.807, 2.05) is 24.8 Å². The topological polar surface area (TPSA) is 46.5 Å². The summed E-state index contributed by atoms with van der Waals surface area (Å²) in [7, 11) is 0. The Kier molecular flexibility index (Phi) is 3.97. The van der Waals surface area contributed by atoms with E-state index in [2.05, 4.69) is 50.2 Å². The van der Waals surface area contributed by atoms with Crippen molar-refractivity contribution in [2.75, 3.05) is 0 Å². The van der Waals surface area contributed by atoms with Gasteiger partial charge in [0.2, 0.25) is 0 Å². The van der Waals surface area contributed by atoms with Gasteiger partial charge in [-0.1, -0.05) is 37.1 Å². The molecule has 2 unspecified atom stereocenters. The molecule has 4 heteroatoms. The molecular weight excluding hydrogens is 284 g/mol. The van der Waals surface area contributed by atoms with E-state index >= 15 is 0 Å². The number of hydrogen-bond donors (Lipinski definition) is 1. The van der Waals surface area contributed by atoms with Crippen LogP contribution in [0.3, 0.4) is 0 Å². The first-order valence-electron chi connectivity index (χ1n) is 8.46. The minimum Gasteiger partial charge on any atom is -0.337 e. The number of imidazole rings is 1. The zero-order valence-electron chi connectivity index (χ0n) is 13.2. The zero-order chi connectivity index (χ0) is 15.5. The van der Waals surface area contributed by atoms with Gasteiger partial charge in [0, 0.05) is 30.7 Å². The predicted molar refractivity (Wildman–Crippen MR) is 90.9 cm³/mol. The van der Waals surface area contributed by atoms with Crippen molar-refractivity contribution < 1.29 is 0 Å². The first-order valence-corrected chi connectivity index (χ1v) is 8.46. The van der Waals surface area contributed by atoms with Crippen LogP contribution in [0.2, 0.25) is 0 Å². The van der Waals surface area contributed by atoms with Gasteiger partial charge in [0.25, 0.3) is 0 Å². The van der Waals surface area contributed by atoms with Crippen LogP contribution in [-0.2, 0) is 6.54 Å². The number of hydrogen-bond acceptors (Lipinski definition) is 2. The highest BCUT2D eigenvalue weighted by atomic mass is 15.1. The average molecular weight is 306 g/mol. The lowest BCUT2D eigenvalue weighted by atomic mass is 9.75. The highest BCUT2D eigenvalue weighted by Crippen LogP contribution is 2.39. The first kappa shape index (κ1) is 14.2. The van der Waals surface area contributed by atoms with E-state index in [1.54, 1.807) is 0 Å². The second-order valence-electron chi connectivity index (χ2n) is 6.49. The highest BCUT2D eigenvalue weighted by Gasteiger charge is 2.26. The molecule has 0 saturated heterocycles. The van der Waals surface area contributed by atoms with E-state index < -0.39 is 0 Å². The van der Waals surface area contributed by atoms with E-state index in [9.17, 15) is 0 Å². The highest BCUT2D eigenvalue weighted by molar-refractivity contribution is 5.58.